The van der Waals surface area contributed by atoms with Crippen LogP contribution in [0.25, 0.3) is 6.08 Å². The zero-order chi connectivity index (χ0) is 16.3. The first kappa shape index (κ1) is 16.3. The molecule has 0 saturated carbocycles. The number of carbonyl (C=O) groups is 2. The molecule has 1 amide bonds. The molecule has 0 atom stereocenters. The van der Waals surface area contributed by atoms with E-state index in [1.54, 1.807) is 18.2 Å². The van der Waals surface area contributed by atoms with Gasteiger partial charge in [-0.1, -0.05) is 36.1 Å². The Bertz CT molecular complexity index is 671. The van der Waals surface area contributed by atoms with E-state index in [0.717, 1.165) is 11.8 Å². The number of aromatic hydroxyl groups is 1. The second kappa shape index (κ2) is 6.80. The molecule has 6 nitrogen and oxygen atoms in total. The van der Waals surface area contributed by atoms with Gasteiger partial charge in [-0.05, 0) is 12.1 Å². The van der Waals surface area contributed by atoms with Crippen LogP contribution in [0.4, 0.5) is 0 Å². The van der Waals surface area contributed by atoms with Gasteiger partial charge >= 0.3 is 5.97 Å². The first-order chi connectivity index (χ1) is 10.4. The van der Waals surface area contributed by atoms with E-state index in [1.165, 1.54) is 18.1 Å². The lowest BCUT2D eigenvalue weighted by Crippen LogP contribution is -2.30. The van der Waals surface area contributed by atoms with Crippen molar-refractivity contribution in [2.75, 3.05) is 13.7 Å². The number of para-hydroxylation sites is 1. The van der Waals surface area contributed by atoms with E-state index in [4.69, 9.17) is 22.1 Å². The highest BCUT2D eigenvalue weighted by atomic mass is 32.2. The summed E-state index contributed by atoms with van der Waals surface area (Å²) in [5.41, 5.74) is 0.543. The van der Waals surface area contributed by atoms with Crippen molar-refractivity contribution in [1.82, 2.24) is 4.90 Å². The Balaban J connectivity index is 2.27. The quantitative estimate of drug-likeness (QED) is 0.627. The van der Waals surface area contributed by atoms with Crippen LogP contribution in [0, 0.1) is 0 Å². The summed E-state index contributed by atoms with van der Waals surface area (Å²) in [6, 6.07) is 4.81. The monoisotopic (exact) mass is 339 g/mol. The molecule has 2 rings (SSSR count). The number of methoxy groups -OCH3 is 1. The minimum absolute atomic E-state index is 0.0300. The van der Waals surface area contributed by atoms with E-state index in [9.17, 15) is 14.7 Å². The average Bonchev–Trinajstić information content (AvgIpc) is 2.71. The zero-order valence-corrected chi connectivity index (χ0v) is 13.2. The minimum atomic E-state index is -0.993. The van der Waals surface area contributed by atoms with E-state index < -0.39 is 5.97 Å². The molecule has 1 aliphatic heterocycles. The number of carboxylic acids is 1. The molecule has 1 heterocycles. The number of phenols is 1. The average molecular weight is 339 g/mol. The number of thioether (sulfide) groups is 1. The molecule has 116 valence electrons. The molecule has 0 spiro atoms. The van der Waals surface area contributed by atoms with Gasteiger partial charge in [0.2, 0.25) is 0 Å². The molecule has 1 aromatic carbocycles. The summed E-state index contributed by atoms with van der Waals surface area (Å²) in [5.74, 6) is -1.11. The summed E-state index contributed by atoms with van der Waals surface area (Å²) in [4.78, 5) is 24.5. The first-order valence-electron chi connectivity index (χ1n) is 6.27. The predicted molar refractivity (Wildman–Crippen MR) is 86.8 cm³/mol. The molecule has 8 heteroatoms. The van der Waals surface area contributed by atoms with Crippen LogP contribution in [0.2, 0.25) is 0 Å². The Morgan fingerprint density at radius 2 is 2.23 bits per heavy atom. The number of amides is 1. The third-order valence-corrected chi connectivity index (χ3v) is 4.32. The molecule has 0 aromatic heterocycles. The van der Waals surface area contributed by atoms with Gasteiger partial charge in [-0.15, -0.1) is 0 Å². The number of ether oxygens (including phenoxy) is 1. The van der Waals surface area contributed by atoms with Gasteiger partial charge in [0.25, 0.3) is 5.91 Å². The lowest BCUT2D eigenvalue weighted by atomic mass is 10.1. The highest BCUT2D eigenvalue weighted by Gasteiger charge is 2.32. The maximum atomic E-state index is 12.3. The number of phenolic OH excluding ortho intramolecular Hbond substituents is 1. The van der Waals surface area contributed by atoms with Crippen molar-refractivity contribution in [3.05, 3.63) is 28.7 Å². The third kappa shape index (κ3) is 3.40. The van der Waals surface area contributed by atoms with Gasteiger partial charge in [-0.25, -0.2) is 0 Å². The Labute approximate surface area is 136 Å². The standard InChI is InChI=1S/C14H13NO5S2/c1-20-12-8(3-2-4-9(12)16)7-10-13(19)15(14(21)22-10)6-5-11(17)18/h2-4,7,16H,5-6H2,1H3,(H,17,18)/b10-7-. The van der Waals surface area contributed by atoms with Crippen molar-refractivity contribution in [2.24, 2.45) is 0 Å². The number of benzene rings is 1. The molecule has 0 unspecified atom stereocenters. The van der Waals surface area contributed by atoms with Crippen molar-refractivity contribution >= 4 is 46.3 Å². The van der Waals surface area contributed by atoms with Crippen molar-refractivity contribution in [1.29, 1.82) is 0 Å². The number of rotatable bonds is 5. The lowest BCUT2D eigenvalue weighted by molar-refractivity contribution is -0.137. The van der Waals surface area contributed by atoms with Gasteiger partial charge < -0.3 is 14.9 Å². The van der Waals surface area contributed by atoms with E-state index in [0.29, 0.717) is 14.8 Å². The zero-order valence-electron chi connectivity index (χ0n) is 11.6. The second-order valence-electron chi connectivity index (χ2n) is 4.38. The predicted octanol–water partition coefficient (Wildman–Crippen LogP) is 2.08. The van der Waals surface area contributed by atoms with E-state index >= 15 is 0 Å². The fourth-order valence-corrected chi connectivity index (χ4v) is 3.22. The molecule has 2 N–H and O–H groups in total. The maximum absolute atomic E-state index is 12.3. The molecule has 1 aliphatic rings. The highest BCUT2D eigenvalue weighted by Crippen LogP contribution is 2.36. The summed E-state index contributed by atoms with van der Waals surface area (Å²) in [6.45, 7) is 0.0362. The van der Waals surface area contributed by atoms with Gasteiger partial charge in [0, 0.05) is 12.1 Å². The maximum Gasteiger partial charge on any atom is 0.305 e. The SMILES string of the molecule is COc1c(O)cccc1/C=C1\SC(=S)N(CCC(=O)O)C1=O. The lowest BCUT2D eigenvalue weighted by Gasteiger charge is -2.12. The van der Waals surface area contributed by atoms with Crippen molar-refractivity contribution in [3.8, 4) is 11.5 Å². The molecule has 22 heavy (non-hydrogen) atoms. The number of hydrogen-bond donors (Lipinski definition) is 2. The van der Waals surface area contributed by atoms with Gasteiger partial charge in [0.1, 0.15) is 4.32 Å². The fourth-order valence-electron chi connectivity index (χ4n) is 1.92. The summed E-state index contributed by atoms with van der Waals surface area (Å²) in [6.07, 6.45) is 1.40. The van der Waals surface area contributed by atoms with E-state index in [-0.39, 0.29) is 30.4 Å². The van der Waals surface area contributed by atoms with Gasteiger partial charge in [-0.3, -0.25) is 14.5 Å². The third-order valence-electron chi connectivity index (χ3n) is 2.94. The fraction of sp³-hybridized carbons (Fsp3) is 0.214. The molecular formula is C14H13NO5S2. The number of nitrogens with zero attached hydrogens (tertiary/aromatic N) is 1. The summed E-state index contributed by atoms with van der Waals surface area (Å²) < 4.78 is 5.43. The Morgan fingerprint density at radius 1 is 1.50 bits per heavy atom. The van der Waals surface area contributed by atoms with Gasteiger partial charge in [0.15, 0.2) is 11.5 Å². The van der Waals surface area contributed by atoms with Crippen LogP contribution in [-0.4, -0.2) is 45.0 Å². The summed E-state index contributed by atoms with van der Waals surface area (Å²) in [5, 5.41) is 18.4. The molecular weight excluding hydrogens is 326 g/mol. The topological polar surface area (TPSA) is 87.1 Å². The number of thiocarbonyl (C=S) groups is 1. The summed E-state index contributed by atoms with van der Waals surface area (Å²) >= 11 is 6.20. The second-order valence-corrected chi connectivity index (χ2v) is 6.05. The largest absolute Gasteiger partial charge is 0.504 e. The Morgan fingerprint density at radius 3 is 2.86 bits per heavy atom. The van der Waals surface area contributed by atoms with Crippen LogP contribution in [-0.2, 0) is 9.59 Å². The van der Waals surface area contributed by atoms with Crippen molar-refractivity contribution in [3.63, 3.8) is 0 Å². The molecule has 1 fully saturated rings. The number of carbonyl (C=O) groups excluding carboxylic acids is 1. The van der Waals surface area contributed by atoms with Crippen LogP contribution in [0.5, 0.6) is 11.5 Å². The highest BCUT2D eigenvalue weighted by molar-refractivity contribution is 8.26. The van der Waals surface area contributed by atoms with E-state index in [2.05, 4.69) is 0 Å². The van der Waals surface area contributed by atoms with Crippen molar-refractivity contribution in [2.45, 2.75) is 6.42 Å². The summed E-state index contributed by atoms with van der Waals surface area (Å²) in [7, 11) is 1.42. The molecule has 1 aromatic rings. The van der Waals surface area contributed by atoms with Crippen LogP contribution in [0.15, 0.2) is 23.1 Å². The van der Waals surface area contributed by atoms with Crippen molar-refractivity contribution < 1.29 is 24.5 Å². The normalized spacial score (nSPS) is 16.4. The van der Waals surface area contributed by atoms with Crippen LogP contribution in [0.3, 0.4) is 0 Å². The number of carboxylic acid groups (broad SMARTS) is 1. The molecule has 0 aliphatic carbocycles. The van der Waals surface area contributed by atoms with Gasteiger partial charge in [0.05, 0.1) is 18.4 Å². The molecule has 0 radical (unpaired) electrons. The van der Waals surface area contributed by atoms with Gasteiger partial charge in [-0.2, -0.15) is 0 Å². The molecule has 0 bridgehead atoms. The van der Waals surface area contributed by atoms with Crippen LogP contribution >= 0.6 is 24.0 Å². The minimum Gasteiger partial charge on any atom is -0.504 e. The Kier molecular flexibility index (Phi) is 5.04. The first-order valence-corrected chi connectivity index (χ1v) is 7.49. The molecule has 1 saturated heterocycles. The number of aliphatic carboxylic acids is 1. The van der Waals surface area contributed by atoms with Crippen LogP contribution < -0.4 is 4.74 Å². The van der Waals surface area contributed by atoms with E-state index in [1.807, 2.05) is 0 Å². The Hall–Kier alpha value is -2.06. The smallest absolute Gasteiger partial charge is 0.305 e. The number of hydrogen-bond acceptors (Lipinski definition) is 6. The van der Waals surface area contributed by atoms with Crippen LogP contribution in [0.1, 0.15) is 12.0 Å².